The minimum Gasteiger partial charge on any atom is -0.380 e. The lowest BCUT2D eigenvalue weighted by Gasteiger charge is -2.26. The Bertz CT molecular complexity index is 295. The fourth-order valence-corrected chi connectivity index (χ4v) is 1.93. The molecule has 90 valence electrons. The van der Waals surface area contributed by atoms with E-state index in [1.54, 1.807) is 0 Å². The Balaban J connectivity index is 2.58. The van der Waals surface area contributed by atoms with Gasteiger partial charge in [0, 0.05) is 5.69 Å². The van der Waals surface area contributed by atoms with Gasteiger partial charge in [-0.3, -0.25) is 0 Å². The maximum Gasteiger partial charge on any atom is 0.0812 e. The number of benzene rings is 1. The second kappa shape index (κ2) is 6.16. The highest BCUT2D eigenvalue weighted by Crippen LogP contribution is 2.23. The van der Waals surface area contributed by atoms with Gasteiger partial charge in [0.05, 0.1) is 12.6 Å². The molecule has 1 rings (SSSR count). The maximum atomic E-state index is 4.95. The smallest absolute Gasteiger partial charge is 0.0812 e. The molecule has 0 fully saturated rings. The molecule has 0 heterocycles. The normalized spacial score (nSPS) is 13.5. The van der Waals surface area contributed by atoms with Crippen LogP contribution in [0.1, 0.15) is 27.2 Å². The molecule has 0 aliphatic heterocycles. The van der Waals surface area contributed by atoms with E-state index in [0.717, 1.165) is 12.1 Å². The summed E-state index contributed by atoms with van der Waals surface area (Å²) in [5, 5.41) is 3.46. The van der Waals surface area contributed by atoms with E-state index < -0.39 is 0 Å². The predicted octanol–water partition coefficient (Wildman–Crippen LogP) is 3.76. The average molecular weight is 239 g/mol. The number of anilines is 1. The van der Waals surface area contributed by atoms with Crippen molar-refractivity contribution in [2.75, 3.05) is 11.9 Å². The van der Waals surface area contributed by atoms with Gasteiger partial charge < -0.3 is 9.50 Å². The van der Waals surface area contributed by atoms with Gasteiger partial charge in [-0.15, -0.1) is 0 Å². The molecule has 0 amide bonds. The number of hydrogen-bond acceptors (Lipinski definition) is 3. The van der Waals surface area contributed by atoms with Crippen molar-refractivity contribution in [1.82, 2.24) is 0 Å². The zero-order valence-corrected chi connectivity index (χ0v) is 11.1. The van der Waals surface area contributed by atoms with Crippen LogP contribution in [0.5, 0.6) is 0 Å². The molecule has 2 nitrogen and oxygen atoms in total. The Morgan fingerprint density at radius 1 is 1.25 bits per heavy atom. The third kappa shape index (κ3) is 5.42. The van der Waals surface area contributed by atoms with Crippen molar-refractivity contribution in [1.29, 1.82) is 0 Å². The summed E-state index contributed by atoms with van der Waals surface area (Å²) in [6.07, 6.45) is 1.04. The van der Waals surface area contributed by atoms with Crippen molar-refractivity contribution in [3.63, 3.8) is 0 Å². The van der Waals surface area contributed by atoms with Crippen LogP contribution in [0.4, 0.5) is 5.69 Å². The Labute approximate surface area is 104 Å². The summed E-state index contributed by atoms with van der Waals surface area (Å²) in [6.45, 7) is 7.29. The van der Waals surface area contributed by atoms with Gasteiger partial charge in [0.2, 0.25) is 0 Å². The van der Waals surface area contributed by atoms with Crippen molar-refractivity contribution >= 4 is 18.6 Å². The van der Waals surface area contributed by atoms with Gasteiger partial charge in [0.25, 0.3) is 0 Å². The molecule has 0 aliphatic carbocycles. The van der Waals surface area contributed by atoms with Crippen LogP contribution in [0.3, 0.4) is 0 Å². The van der Waals surface area contributed by atoms with Gasteiger partial charge in [-0.05, 0) is 36.9 Å². The highest BCUT2D eigenvalue weighted by molar-refractivity contribution is 7.75. The monoisotopic (exact) mass is 239 g/mol. The molecule has 1 aromatic carbocycles. The quantitative estimate of drug-likeness (QED) is 0.603. The van der Waals surface area contributed by atoms with E-state index in [2.05, 4.69) is 51.1 Å². The van der Waals surface area contributed by atoms with Crippen LogP contribution < -0.4 is 5.32 Å². The first-order valence-electron chi connectivity index (χ1n) is 5.59. The van der Waals surface area contributed by atoms with Crippen LogP contribution in [0, 0.1) is 5.41 Å². The van der Waals surface area contributed by atoms with E-state index >= 15 is 0 Å². The Kier molecular flexibility index (Phi) is 5.16. The standard InChI is InChI=1S/C13H21NOS/c1-13(2,3)9-12(10-15-16)14-11-7-5-4-6-8-11/h4-8,12,14,16H,9-10H2,1-3H3. The first-order valence-corrected chi connectivity index (χ1v) is 5.96. The number of rotatable bonds is 5. The summed E-state index contributed by atoms with van der Waals surface area (Å²) in [5.74, 6) is 0. The number of para-hydroxylation sites is 1. The van der Waals surface area contributed by atoms with Crippen LogP contribution in [0.15, 0.2) is 30.3 Å². The zero-order valence-electron chi connectivity index (χ0n) is 10.2. The minimum atomic E-state index is 0.277. The average Bonchev–Trinajstić information content (AvgIpc) is 2.17. The van der Waals surface area contributed by atoms with Crippen molar-refractivity contribution < 1.29 is 4.18 Å². The molecule has 1 unspecified atom stereocenters. The highest BCUT2D eigenvalue weighted by Gasteiger charge is 2.18. The lowest BCUT2D eigenvalue weighted by molar-refractivity contribution is 0.280. The summed E-state index contributed by atoms with van der Waals surface area (Å²) in [5.41, 5.74) is 1.40. The molecule has 0 saturated carbocycles. The second-order valence-electron chi connectivity index (χ2n) is 5.27. The van der Waals surface area contributed by atoms with Gasteiger partial charge in [-0.1, -0.05) is 39.0 Å². The largest absolute Gasteiger partial charge is 0.380 e. The Morgan fingerprint density at radius 2 is 1.88 bits per heavy atom. The zero-order chi connectivity index (χ0) is 12.0. The number of nitrogens with one attached hydrogen (secondary N) is 1. The van der Waals surface area contributed by atoms with Gasteiger partial charge >= 0.3 is 0 Å². The minimum absolute atomic E-state index is 0.277. The topological polar surface area (TPSA) is 21.3 Å². The van der Waals surface area contributed by atoms with Crippen molar-refractivity contribution in [2.45, 2.75) is 33.2 Å². The summed E-state index contributed by atoms with van der Waals surface area (Å²) in [7, 11) is 0. The number of hydrogen-bond donors (Lipinski definition) is 2. The first-order chi connectivity index (χ1) is 7.51. The van der Waals surface area contributed by atoms with Gasteiger partial charge in [-0.25, -0.2) is 0 Å². The first kappa shape index (κ1) is 13.4. The van der Waals surface area contributed by atoms with E-state index in [4.69, 9.17) is 4.18 Å². The predicted molar refractivity (Wildman–Crippen MR) is 72.9 cm³/mol. The van der Waals surface area contributed by atoms with Crippen molar-refractivity contribution in [2.24, 2.45) is 5.41 Å². The Morgan fingerprint density at radius 3 is 2.38 bits per heavy atom. The van der Waals surface area contributed by atoms with Gasteiger partial charge in [0.15, 0.2) is 0 Å². The van der Waals surface area contributed by atoms with Crippen LogP contribution in [-0.4, -0.2) is 12.6 Å². The molecule has 0 aromatic heterocycles. The molecule has 0 saturated heterocycles. The van der Waals surface area contributed by atoms with Crippen LogP contribution in [0.2, 0.25) is 0 Å². The van der Waals surface area contributed by atoms with E-state index in [-0.39, 0.29) is 5.41 Å². The molecule has 0 aliphatic rings. The molecule has 0 spiro atoms. The van der Waals surface area contributed by atoms with E-state index in [9.17, 15) is 0 Å². The molecule has 1 aromatic rings. The number of thiol groups is 1. The summed E-state index contributed by atoms with van der Waals surface area (Å²) in [6, 6.07) is 10.5. The van der Waals surface area contributed by atoms with Crippen LogP contribution in [-0.2, 0) is 4.18 Å². The molecule has 3 heteroatoms. The lowest BCUT2D eigenvalue weighted by atomic mass is 9.88. The molecular weight excluding hydrogens is 218 g/mol. The second-order valence-corrected chi connectivity index (χ2v) is 5.53. The van der Waals surface area contributed by atoms with E-state index in [1.165, 1.54) is 0 Å². The lowest BCUT2D eigenvalue weighted by Crippen LogP contribution is -2.29. The van der Waals surface area contributed by atoms with Crippen LogP contribution in [0.25, 0.3) is 0 Å². The van der Waals surface area contributed by atoms with Crippen molar-refractivity contribution in [3.8, 4) is 0 Å². The molecule has 16 heavy (non-hydrogen) atoms. The fourth-order valence-electron chi connectivity index (χ4n) is 1.75. The molecule has 0 radical (unpaired) electrons. The summed E-state index contributed by atoms with van der Waals surface area (Å²) >= 11 is 3.84. The van der Waals surface area contributed by atoms with Crippen molar-refractivity contribution in [3.05, 3.63) is 30.3 Å². The van der Waals surface area contributed by atoms with E-state index in [1.807, 2.05) is 18.2 Å². The molecular formula is C13H21NOS. The van der Waals surface area contributed by atoms with Gasteiger partial charge in [0.1, 0.15) is 0 Å². The summed E-state index contributed by atoms with van der Waals surface area (Å²) in [4.78, 5) is 0. The van der Waals surface area contributed by atoms with E-state index in [0.29, 0.717) is 12.6 Å². The molecule has 1 atom stereocenters. The maximum absolute atomic E-state index is 4.95. The third-order valence-corrected chi connectivity index (χ3v) is 2.43. The molecule has 0 bridgehead atoms. The van der Waals surface area contributed by atoms with Crippen LogP contribution >= 0.6 is 12.9 Å². The third-order valence-electron chi connectivity index (χ3n) is 2.28. The molecule has 1 N–H and O–H groups in total. The Hall–Kier alpha value is -0.670. The summed E-state index contributed by atoms with van der Waals surface area (Å²) < 4.78 is 4.95. The van der Waals surface area contributed by atoms with Gasteiger partial charge in [-0.2, -0.15) is 0 Å². The SMILES string of the molecule is CC(C)(C)CC(COS)Nc1ccccc1. The highest BCUT2D eigenvalue weighted by atomic mass is 32.1. The fraction of sp³-hybridized carbons (Fsp3) is 0.538.